The Kier molecular flexibility index (Phi) is 5.18. The summed E-state index contributed by atoms with van der Waals surface area (Å²) in [6, 6.07) is 5.72. The lowest BCUT2D eigenvalue weighted by Crippen LogP contribution is -2.24. The van der Waals surface area contributed by atoms with E-state index in [2.05, 4.69) is 16.9 Å². The van der Waals surface area contributed by atoms with Crippen molar-refractivity contribution in [3.63, 3.8) is 0 Å². The van der Waals surface area contributed by atoms with Gasteiger partial charge in [-0.05, 0) is 45.1 Å². The minimum Gasteiger partial charge on any atom is -0.306 e. The second-order valence-corrected chi connectivity index (χ2v) is 3.39. The molecule has 1 aliphatic heterocycles. The summed E-state index contributed by atoms with van der Waals surface area (Å²) in [5.41, 5.74) is 0. The van der Waals surface area contributed by atoms with Crippen molar-refractivity contribution in [2.45, 2.75) is 19.3 Å². The summed E-state index contributed by atoms with van der Waals surface area (Å²) >= 11 is 0. The van der Waals surface area contributed by atoms with Gasteiger partial charge in [-0.25, -0.2) is 0 Å². The van der Waals surface area contributed by atoms with Gasteiger partial charge in [-0.1, -0.05) is 12.5 Å². The molecule has 1 saturated heterocycles. The highest BCUT2D eigenvalue weighted by Gasteiger charge is 2.02. The Hall–Kier alpha value is -0.890. The Labute approximate surface area is 80.6 Å². The molecule has 0 aromatic carbocycles. The van der Waals surface area contributed by atoms with E-state index < -0.39 is 0 Å². The van der Waals surface area contributed by atoms with Crippen molar-refractivity contribution < 1.29 is 0 Å². The van der Waals surface area contributed by atoms with Gasteiger partial charge in [0.05, 0.1) is 0 Å². The molecule has 1 aliphatic rings. The van der Waals surface area contributed by atoms with E-state index >= 15 is 0 Å². The van der Waals surface area contributed by atoms with E-state index in [9.17, 15) is 0 Å². The first-order valence-electron chi connectivity index (χ1n) is 4.93. The van der Waals surface area contributed by atoms with Crippen molar-refractivity contribution in [1.82, 2.24) is 9.88 Å². The summed E-state index contributed by atoms with van der Waals surface area (Å²) in [5.74, 6) is 0. The van der Waals surface area contributed by atoms with E-state index in [1.165, 1.54) is 32.4 Å². The van der Waals surface area contributed by atoms with Crippen molar-refractivity contribution in [3.05, 3.63) is 30.6 Å². The van der Waals surface area contributed by atoms with Gasteiger partial charge in [0, 0.05) is 12.4 Å². The highest BCUT2D eigenvalue weighted by Crippen LogP contribution is 2.04. The van der Waals surface area contributed by atoms with Crippen LogP contribution in [0.5, 0.6) is 0 Å². The molecule has 2 rings (SSSR count). The zero-order valence-corrected chi connectivity index (χ0v) is 8.32. The third kappa shape index (κ3) is 5.36. The minimum atomic E-state index is 1.32. The van der Waals surface area contributed by atoms with Crippen molar-refractivity contribution in [2.75, 3.05) is 20.1 Å². The number of nitrogens with zero attached hydrogens (tertiary/aromatic N) is 2. The summed E-state index contributed by atoms with van der Waals surface area (Å²) in [7, 11) is 2.19. The predicted octanol–water partition coefficient (Wildman–Crippen LogP) is 2.18. The fourth-order valence-corrected chi connectivity index (χ4v) is 1.36. The molecule has 0 amide bonds. The highest BCUT2D eigenvalue weighted by atomic mass is 15.1. The third-order valence-electron chi connectivity index (χ3n) is 2.15. The first kappa shape index (κ1) is 10.2. The molecule has 2 nitrogen and oxygen atoms in total. The highest BCUT2D eigenvalue weighted by molar-refractivity contribution is 4.88. The van der Waals surface area contributed by atoms with Crippen LogP contribution < -0.4 is 0 Å². The van der Waals surface area contributed by atoms with E-state index in [4.69, 9.17) is 0 Å². The van der Waals surface area contributed by atoms with E-state index in [0.29, 0.717) is 0 Å². The molecule has 0 unspecified atom stereocenters. The number of likely N-dealkylation sites (tertiary alicyclic amines) is 1. The molecule has 72 valence electrons. The Morgan fingerprint density at radius 2 is 1.54 bits per heavy atom. The Balaban J connectivity index is 0.000000132. The van der Waals surface area contributed by atoms with Gasteiger partial charge in [-0.3, -0.25) is 4.98 Å². The van der Waals surface area contributed by atoms with Gasteiger partial charge in [-0.2, -0.15) is 0 Å². The van der Waals surface area contributed by atoms with E-state index in [-0.39, 0.29) is 0 Å². The van der Waals surface area contributed by atoms with Crippen LogP contribution in [0.4, 0.5) is 0 Å². The SMILES string of the molecule is CN1CCCCC1.c1ccncc1. The van der Waals surface area contributed by atoms with Gasteiger partial charge in [-0.15, -0.1) is 0 Å². The summed E-state index contributed by atoms with van der Waals surface area (Å²) in [4.78, 5) is 6.18. The molecule has 13 heavy (non-hydrogen) atoms. The van der Waals surface area contributed by atoms with Crippen molar-refractivity contribution in [1.29, 1.82) is 0 Å². The number of rotatable bonds is 0. The maximum atomic E-state index is 3.78. The number of hydrogen-bond acceptors (Lipinski definition) is 2. The largest absolute Gasteiger partial charge is 0.306 e. The molecule has 0 spiro atoms. The van der Waals surface area contributed by atoms with Gasteiger partial charge in [0.2, 0.25) is 0 Å². The Morgan fingerprint density at radius 3 is 1.77 bits per heavy atom. The fourth-order valence-electron chi connectivity index (χ4n) is 1.36. The number of pyridine rings is 1. The van der Waals surface area contributed by atoms with Crippen LogP contribution >= 0.6 is 0 Å². The molecule has 1 aromatic rings. The second kappa shape index (κ2) is 6.61. The van der Waals surface area contributed by atoms with Crippen LogP contribution in [0.15, 0.2) is 30.6 Å². The standard InChI is InChI=1S/C6H13N.C5H5N/c1-7-5-3-2-4-6-7;1-2-4-6-5-3-1/h2-6H2,1H3;1-5H. The number of hydrogen-bond donors (Lipinski definition) is 0. The average Bonchev–Trinajstić information content (AvgIpc) is 2.22. The van der Waals surface area contributed by atoms with Crippen molar-refractivity contribution in [3.8, 4) is 0 Å². The van der Waals surface area contributed by atoms with Crippen LogP contribution in [0, 0.1) is 0 Å². The molecule has 0 atom stereocenters. The van der Waals surface area contributed by atoms with Gasteiger partial charge >= 0.3 is 0 Å². The second-order valence-electron chi connectivity index (χ2n) is 3.39. The molecule has 2 heterocycles. The Morgan fingerprint density at radius 1 is 0.923 bits per heavy atom. The normalized spacial score (nSPS) is 17.3. The molecule has 1 aromatic heterocycles. The molecule has 0 aliphatic carbocycles. The van der Waals surface area contributed by atoms with E-state index in [0.717, 1.165) is 0 Å². The van der Waals surface area contributed by atoms with Crippen LogP contribution in [0.25, 0.3) is 0 Å². The quantitative estimate of drug-likeness (QED) is 0.605. The van der Waals surface area contributed by atoms with Crippen LogP contribution in [0.2, 0.25) is 0 Å². The zero-order chi connectivity index (χ0) is 9.36. The smallest absolute Gasteiger partial charge is 0.0267 e. The van der Waals surface area contributed by atoms with Crippen LogP contribution in [-0.2, 0) is 0 Å². The molecule has 0 bridgehead atoms. The lowest BCUT2D eigenvalue weighted by atomic mass is 10.1. The summed E-state index contributed by atoms with van der Waals surface area (Å²) in [6.07, 6.45) is 7.78. The average molecular weight is 178 g/mol. The first-order chi connectivity index (χ1) is 6.39. The van der Waals surface area contributed by atoms with Crippen LogP contribution in [-0.4, -0.2) is 30.0 Å². The minimum absolute atomic E-state index is 1.32. The molecular weight excluding hydrogens is 160 g/mol. The van der Waals surface area contributed by atoms with E-state index in [1.807, 2.05) is 18.2 Å². The lowest BCUT2D eigenvalue weighted by Gasteiger charge is -2.20. The molecule has 0 radical (unpaired) electrons. The fraction of sp³-hybridized carbons (Fsp3) is 0.545. The van der Waals surface area contributed by atoms with Gasteiger partial charge < -0.3 is 4.90 Å². The third-order valence-corrected chi connectivity index (χ3v) is 2.15. The van der Waals surface area contributed by atoms with Gasteiger partial charge in [0.25, 0.3) is 0 Å². The number of aromatic nitrogens is 1. The molecule has 2 heteroatoms. The van der Waals surface area contributed by atoms with E-state index in [1.54, 1.807) is 12.4 Å². The summed E-state index contributed by atoms with van der Waals surface area (Å²) in [6.45, 7) is 2.64. The van der Waals surface area contributed by atoms with Crippen LogP contribution in [0.1, 0.15) is 19.3 Å². The zero-order valence-electron chi connectivity index (χ0n) is 8.32. The lowest BCUT2D eigenvalue weighted by molar-refractivity contribution is 0.277. The first-order valence-corrected chi connectivity index (χ1v) is 4.93. The summed E-state index contributed by atoms with van der Waals surface area (Å²) < 4.78 is 0. The van der Waals surface area contributed by atoms with Gasteiger partial charge in [0.15, 0.2) is 0 Å². The number of piperidine rings is 1. The molecule has 1 fully saturated rings. The topological polar surface area (TPSA) is 16.1 Å². The molecular formula is C11H18N2. The van der Waals surface area contributed by atoms with Gasteiger partial charge in [0.1, 0.15) is 0 Å². The maximum absolute atomic E-state index is 3.78. The molecule has 0 N–H and O–H groups in total. The monoisotopic (exact) mass is 178 g/mol. The van der Waals surface area contributed by atoms with Crippen molar-refractivity contribution in [2.24, 2.45) is 0 Å². The predicted molar refractivity (Wildman–Crippen MR) is 55.6 cm³/mol. The Bertz CT molecular complexity index is 166. The molecule has 0 saturated carbocycles. The summed E-state index contributed by atoms with van der Waals surface area (Å²) in [5, 5.41) is 0. The van der Waals surface area contributed by atoms with Crippen LogP contribution in [0.3, 0.4) is 0 Å². The maximum Gasteiger partial charge on any atom is 0.0267 e. The van der Waals surface area contributed by atoms with Crippen molar-refractivity contribution >= 4 is 0 Å².